The topological polar surface area (TPSA) is 46.9 Å². The van der Waals surface area contributed by atoms with Crippen LogP contribution < -0.4 is 5.32 Å². The largest absolute Gasteiger partial charge is 0.324 e. The van der Waals surface area contributed by atoms with Crippen molar-refractivity contribution in [2.24, 2.45) is 0 Å². The van der Waals surface area contributed by atoms with Crippen LogP contribution in [-0.4, -0.2) is 21.2 Å². The molecule has 1 aliphatic carbocycles. The summed E-state index contributed by atoms with van der Waals surface area (Å²) in [6.07, 6.45) is 6.33. The Hall–Kier alpha value is -1.27. The zero-order valence-corrected chi connectivity index (χ0v) is 18.0. The van der Waals surface area contributed by atoms with E-state index in [4.69, 9.17) is 4.98 Å². The second-order valence-electron chi connectivity index (χ2n) is 7.05. The van der Waals surface area contributed by atoms with Crippen molar-refractivity contribution in [2.45, 2.75) is 64.1 Å². The van der Waals surface area contributed by atoms with E-state index >= 15 is 0 Å². The molecule has 1 amide bonds. The molecule has 1 fully saturated rings. The molecule has 4 nitrogen and oxygen atoms in total. The second-order valence-corrected chi connectivity index (χ2v) is 8.84. The average molecular weight is 436 g/mol. The number of hydrogen-bond acceptors (Lipinski definition) is 3. The van der Waals surface area contributed by atoms with Crippen molar-refractivity contribution in [2.75, 3.05) is 11.1 Å². The zero-order valence-electron chi connectivity index (χ0n) is 15.6. The number of aromatic nitrogens is 2. The van der Waals surface area contributed by atoms with E-state index in [0.717, 1.165) is 26.6 Å². The lowest BCUT2D eigenvalue weighted by Crippen LogP contribution is -2.17. The van der Waals surface area contributed by atoms with Crippen LogP contribution in [0.4, 0.5) is 5.69 Å². The SMILES string of the molecule is Cc1ccc(NC(=O)CSc2nc(C)c(C)n2C2CCCCC2)c(Br)c1. The van der Waals surface area contributed by atoms with Crippen LogP contribution in [0.5, 0.6) is 0 Å². The number of nitrogens with one attached hydrogen (secondary N) is 1. The summed E-state index contributed by atoms with van der Waals surface area (Å²) in [5.74, 6) is 0.358. The lowest BCUT2D eigenvalue weighted by molar-refractivity contribution is -0.113. The minimum atomic E-state index is -0.00643. The Morgan fingerprint density at radius 2 is 2.00 bits per heavy atom. The van der Waals surface area contributed by atoms with Crippen molar-refractivity contribution in [3.63, 3.8) is 0 Å². The first-order valence-corrected chi connectivity index (χ1v) is 11.0. The van der Waals surface area contributed by atoms with Crippen LogP contribution in [0.1, 0.15) is 55.1 Å². The van der Waals surface area contributed by atoms with Crippen LogP contribution in [0.2, 0.25) is 0 Å². The minimum absolute atomic E-state index is 0.00643. The zero-order chi connectivity index (χ0) is 18.7. The number of amides is 1. The number of nitrogens with zero attached hydrogens (tertiary/aromatic N) is 2. The number of carbonyl (C=O) groups excluding carboxylic acids is 1. The summed E-state index contributed by atoms with van der Waals surface area (Å²) < 4.78 is 3.28. The number of hydrogen-bond donors (Lipinski definition) is 1. The molecule has 3 rings (SSSR count). The smallest absolute Gasteiger partial charge is 0.234 e. The third-order valence-electron chi connectivity index (χ3n) is 5.03. The van der Waals surface area contributed by atoms with Gasteiger partial charge in [-0.15, -0.1) is 0 Å². The van der Waals surface area contributed by atoms with Gasteiger partial charge < -0.3 is 9.88 Å². The standard InChI is InChI=1S/C20H26BrN3OS/c1-13-9-10-18(17(21)11-13)23-19(25)12-26-20-22-14(2)15(3)24(20)16-7-5-4-6-8-16/h9-11,16H,4-8,12H2,1-3H3,(H,23,25). The number of aryl methyl sites for hydroxylation is 2. The van der Waals surface area contributed by atoms with Crippen molar-refractivity contribution >= 4 is 39.3 Å². The summed E-state index contributed by atoms with van der Waals surface area (Å²) in [5, 5.41) is 3.96. The summed E-state index contributed by atoms with van der Waals surface area (Å²) in [6.45, 7) is 6.23. The summed E-state index contributed by atoms with van der Waals surface area (Å²) in [4.78, 5) is 17.1. The molecule has 1 aromatic carbocycles. The number of halogens is 1. The first-order chi connectivity index (χ1) is 12.5. The van der Waals surface area contributed by atoms with Crippen LogP contribution in [0.3, 0.4) is 0 Å². The Morgan fingerprint density at radius 3 is 2.69 bits per heavy atom. The molecule has 1 saturated carbocycles. The third kappa shape index (κ3) is 4.52. The molecule has 0 bridgehead atoms. The number of carbonyl (C=O) groups is 1. The summed E-state index contributed by atoms with van der Waals surface area (Å²) in [6, 6.07) is 6.46. The van der Waals surface area contributed by atoms with Gasteiger partial charge in [-0.05, 0) is 67.2 Å². The highest BCUT2D eigenvalue weighted by Gasteiger charge is 2.22. The molecular weight excluding hydrogens is 410 g/mol. The van der Waals surface area contributed by atoms with Gasteiger partial charge in [-0.2, -0.15) is 0 Å². The molecule has 0 saturated heterocycles. The van der Waals surface area contributed by atoms with Gasteiger partial charge in [0.15, 0.2) is 5.16 Å². The summed E-state index contributed by atoms with van der Waals surface area (Å²) in [7, 11) is 0. The van der Waals surface area contributed by atoms with Crippen LogP contribution >= 0.6 is 27.7 Å². The Morgan fingerprint density at radius 1 is 1.27 bits per heavy atom. The summed E-state index contributed by atoms with van der Waals surface area (Å²) >= 11 is 5.05. The van der Waals surface area contributed by atoms with Crippen molar-refractivity contribution in [3.05, 3.63) is 39.6 Å². The van der Waals surface area contributed by atoms with Gasteiger partial charge >= 0.3 is 0 Å². The van der Waals surface area contributed by atoms with Gasteiger partial charge in [0.2, 0.25) is 5.91 Å². The molecule has 26 heavy (non-hydrogen) atoms. The highest BCUT2D eigenvalue weighted by atomic mass is 79.9. The Bertz CT molecular complexity index is 797. The van der Waals surface area contributed by atoms with Gasteiger partial charge in [0.05, 0.1) is 17.1 Å². The second kappa shape index (κ2) is 8.61. The van der Waals surface area contributed by atoms with Crippen LogP contribution in [0, 0.1) is 20.8 Å². The highest BCUT2D eigenvalue weighted by molar-refractivity contribution is 9.10. The van der Waals surface area contributed by atoms with Crippen molar-refractivity contribution < 1.29 is 4.79 Å². The van der Waals surface area contributed by atoms with E-state index in [1.807, 2.05) is 25.1 Å². The first kappa shape index (κ1) is 19.5. The fourth-order valence-corrected chi connectivity index (χ4v) is 5.06. The first-order valence-electron chi connectivity index (χ1n) is 9.20. The van der Waals surface area contributed by atoms with E-state index < -0.39 is 0 Å². The van der Waals surface area contributed by atoms with E-state index in [1.165, 1.54) is 49.6 Å². The Balaban J connectivity index is 1.67. The molecule has 2 aromatic rings. The molecule has 0 aliphatic heterocycles. The van der Waals surface area contributed by atoms with Crippen LogP contribution in [-0.2, 0) is 4.79 Å². The number of anilines is 1. The predicted molar refractivity (Wildman–Crippen MR) is 112 cm³/mol. The molecular formula is C20H26BrN3OS. The Labute approximate surface area is 168 Å². The van der Waals surface area contributed by atoms with Crippen molar-refractivity contribution in [1.82, 2.24) is 9.55 Å². The molecule has 0 radical (unpaired) electrons. The molecule has 1 aliphatic rings. The number of rotatable bonds is 5. The van der Waals surface area contributed by atoms with E-state index in [9.17, 15) is 4.79 Å². The third-order valence-corrected chi connectivity index (χ3v) is 6.63. The molecule has 0 unspecified atom stereocenters. The molecule has 0 atom stereocenters. The molecule has 6 heteroatoms. The van der Waals surface area contributed by atoms with Gasteiger partial charge in [0, 0.05) is 16.2 Å². The van der Waals surface area contributed by atoms with Gasteiger partial charge in [0.1, 0.15) is 0 Å². The fraction of sp³-hybridized carbons (Fsp3) is 0.500. The monoisotopic (exact) mass is 435 g/mol. The van der Waals surface area contributed by atoms with Gasteiger partial charge in [-0.3, -0.25) is 4.79 Å². The molecule has 1 aromatic heterocycles. The van der Waals surface area contributed by atoms with Crippen LogP contribution in [0.15, 0.2) is 27.8 Å². The molecule has 1 heterocycles. The minimum Gasteiger partial charge on any atom is -0.324 e. The highest BCUT2D eigenvalue weighted by Crippen LogP contribution is 2.34. The maximum atomic E-state index is 12.4. The van der Waals surface area contributed by atoms with E-state index in [-0.39, 0.29) is 5.91 Å². The Kier molecular flexibility index (Phi) is 6.46. The average Bonchev–Trinajstić information content (AvgIpc) is 2.90. The van der Waals surface area contributed by atoms with Crippen molar-refractivity contribution in [3.8, 4) is 0 Å². The van der Waals surface area contributed by atoms with Crippen molar-refractivity contribution in [1.29, 1.82) is 0 Å². The van der Waals surface area contributed by atoms with Gasteiger partial charge in [-0.25, -0.2) is 4.98 Å². The number of thioether (sulfide) groups is 1. The van der Waals surface area contributed by atoms with E-state index in [1.54, 1.807) is 0 Å². The number of imidazole rings is 1. The van der Waals surface area contributed by atoms with E-state index in [2.05, 4.69) is 39.7 Å². The molecule has 1 N–H and O–H groups in total. The molecule has 0 spiro atoms. The lowest BCUT2D eigenvalue weighted by atomic mass is 9.95. The van der Waals surface area contributed by atoms with Crippen LogP contribution in [0.25, 0.3) is 0 Å². The maximum Gasteiger partial charge on any atom is 0.234 e. The maximum absolute atomic E-state index is 12.4. The summed E-state index contributed by atoms with van der Waals surface area (Å²) in [5.41, 5.74) is 4.27. The quantitative estimate of drug-likeness (QED) is 0.602. The number of benzene rings is 1. The molecule has 140 valence electrons. The normalized spacial score (nSPS) is 15.2. The predicted octanol–water partition coefficient (Wildman–Crippen LogP) is 5.81. The lowest BCUT2D eigenvalue weighted by Gasteiger charge is -2.26. The van der Waals surface area contributed by atoms with Gasteiger partial charge in [0.25, 0.3) is 0 Å². The van der Waals surface area contributed by atoms with Gasteiger partial charge in [-0.1, -0.05) is 37.1 Å². The fourth-order valence-electron chi connectivity index (χ4n) is 3.51. The van der Waals surface area contributed by atoms with E-state index in [0.29, 0.717) is 11.8 Å².